The van der Waals surface area contributed by atoms with Crippen LogP contribution in [0.3, 0.4) is 0 Å². The van der Waals surface area contributed by atoms with Gasteiger partial charge in [-0.1, -0.05) is 6.42 Å². The molecule has 0 spiro atoms. The summed E-state index contributed by atoms with van der Waals surface area (Å²) in [4.78, 5) is 0. The minimum Gasteiger partial charge on any atom is -0.452 e. The molecular formula is C10H13Br2NO. The number of furan rings is 1. The minimum atomic E-state index is 0.776. The number of nitrogens with one attached hydrogen (secondary N) is 1. The van der Waals surface area contributed by atoms with Crippen molar-refractivity contribution in [3.05, 3.63) is 21.0 Å². The van der Waals surface area contributed by atoms with Crippen molar-refractivity contribution in [2.75, 3.05) is 6.54 Å². The molecule has 0 unspecified atom stereocenters. The maximum Gasteiger partial charge on any atom is 0.183 e. The summed E-state index contributed by atoms with van der Waals surface area (Å²) in [5, 5.41) is 3.41. The normalized spacial score (nSPS) is 17.0. The second kappa shape index (κ2) is 4.81. The molecule has 4 heteroatoms. The monoisotopic (exact) mass is 321 g/mol. The molecule has 1 aromatic heterocycles. The SMILES string of the molecule is Brc1cc(CNCC2CCC2)oc1Br. The summed E-state index contributed by atoms with van der Waals surface area (Å²) in [7, 11) is 0. The highest BCUT2D eigenvalue weighted by molar-refractivity contribution is 9.13. The molecule has 1 aliphatic carbocycles. The van der Waals surface area contributed by atoms with Crippen LogP contribution in [0.2, 0.25) is 0 Å². The van der Waals surface area contributed by atoms with E-state index in [1.807, 2.05) is 6.07 Å². The zero-order valence-corrected chi connectivity index (χ0v) is 11.0. The molecule has 1 saturated carbocycles. The number of rotatable bonds is 4. The fraction of sp³-hybridized carbons (Fsp3) is 0.600. The second-order valence-corrected chi connectivity index (χ2v) is 5.34. The summed E-state index contributed by atoms with van der Waals surface area (Å²) < 4.78 is 7.22. The fourth-order valence-corrected chi connectivity index (χ4v) is 2.23. The molecule has 1 aliphatic rings. The highest BCUT2D eigenvalue weighted by Gasteiger charge is 2.16. The molecule has 1 heterocycles. The third-order valence-corrected chi connectivity index (χ3v) is 4.36. The van der Waals surface area contributed by atoms with Crippen molar-refractivity contribution in [1.29, 1.82) is 0 Å². The van der Waals surface area contributed by atoms with E-state index < -0.39 is 0 Å². The Balaban J connectivity index is 1.74. The van der Waals surface area contributed by atoms with Crippen molar-refractivity contribution >= 4 is 31.9 Å². The van der Waals surface area contributed by atoms with Gasteiger partial charge in [0.1, 0.15) is 5.76 Å². The van der Waals surface area contributed by atoms with E-state index >= 15 is 0 Å². The molecule has 1 fully saturated rings. The summed E-state index contributed by atoms with van der Waals surface area (Å²) in [5.74, 6) is 1.87. The lowest BCUT2D eigenvalue weighted by atomic mass is 9.85. The van der Waals surface area contributed by atoms with Crippen LogP contribution in [-0.2, 0) is 6.54 Å². The quantitative estimate of drug-likeness (QED) is 0.914. The van der Waals surface area contributed by atoms with Crippen LogP contribution in [0.4, 0.5) is 0 Å². The fourth-order valence-electron chi connectivity index (χ4n) is 1.57. The summed E-state index contributed by atoms with van der Waals surface area (Å²) >= 11 is 6.71. The standard InChI is InChI=1S/C10H13Br2NO/c11-9-4-8(14-10(9)12)6-13-5-7-2-1-3-7/h4,7,13H,1-3,5-6H2. The van der Waals surface area contributed by atoms with Crippen molar-refractivity contribution in [3.63, 3.8) is 0 Å². The predicted octanol–water partition coefficient (Wildman–Crippen LogP) is 3.69. The third-order valence-electron chi connectivity index (χ3n) is 2.65. The molecule has 2 rings (SSSR count). The Bertz CT molecular complexity index is 288. The first-order valence-corrected chi connectivity index (χ1v) is 6.48. The minimum absolute atomic E-state index is 0.776. The Morgan fingerprint density at radius 3 is 2.71 bits per heavy atom. The second-order valence-electron chi connectivity index (χ2n) is 3.76. The van der Waals surface area contributed by atoms with Gasteiger partial charge in [-0.15, -0.1) is 0 Å². The van der Waals surface area contributed by atoms with Crippen molar-refractivity contribution in [2.24, 2.45) is 5.92 Å². The molecule has 1 aromatic rings. The van der Waals surface area contributed by atoms with Crippen LogP contribution in [-0.4, -0.2) is 6.54 Å². The van der Waals surface area contributed by atoms with Gasteiger partial charge in [-0.25, -0.2) is 0 Å². The molecular weight excluding hydrogens is 310 g/mol. The molecule has 0 bridgehead atoms. The summed E-state index contributed by atoms with van der Waals surface area (Å²) in [6, 6.07) is 2.00. The van der Waals surface area contributed by atoms with E-state index in [1.54, 1.807) is 0 Å². The predicted molar refractivity (Wildman–Crippen MR) is 63.2 cm³/mol. The van der Waals surface area contributed by atoms with Crippen LogP contribution >= 0.6 is 31.9 Å². The van der Waals surface area contributed by atoms with Gasteiger partial charge >= 0.3 is 0 Å². The van der Waals surface area contributed by atoms with E-state index in [1.165, 1.54) is 19.3 Å². The van der Waals surface area contributed by atoms with E-state index in [9.17, 15) is 0 Å². The van der Waals surface area contributed by atoms with E-state index in [0.29, 0.717) is 0 Å². The van der Waals surface area contributed by atoms with Crippen LogP contribution in [0.5, 0.6) is 0 Å². The van der Waals surface area contributed by atoms with Crippen LogP contribution in [0, 0.1) is 5.92 Å². The maximum atomic E-state index is 5.46. The van der Waals surface area contributed by atoms with Gasteiger partial charge in [-0.05, 0) is 63.2 Å². The van der Waals surface area contributed by atoms with Gasteiger partial charge in [-0.2, -0.15) is 0 Å². The lowest BCUT2D eigenvalue weighted by Crippen LogP contribution is -2.26. The first-order valence-electron chi connectivity index (χ1n) is 4.90. The molecule has 1 N–H and O–H groups in total. The lowest BCUT2D eigenvalue weighted by Gasteiger charge is -2.25. The van der Waals surface area contributed by atoms with Crippen LogP contribution in [0.15, 0.2) is 19.6 Å². The number of hydrogen-bond acceptors (Lipinski definition) is 2. The van der Waals surface area contributed by atoms with Crippen LogP contribution < -0.4 is 5.32 Å². The summed E-state index contributed by atoms with van der Waals surface area (Å²) in [5.41, 5.74) is 0. The Kier molecular flexibility index (Phi) is 3.68. The molecule has 0 saturated heterocycles. The first-order chi connectivity index (χ1) is 6.75. The van der Waals surface area contributed by atoms with Gasteiger partial charge < -0.3 is 9.73 Å². The van der Waals surface area contributed by atoms with Gasteiger partial charge in [0.2, 0.25) is 0 Å². The van der Waals surface area contributed by atoms with Crippen LogP contribution in [0.25, 0.3) is 0 Å². The average molecular weight is 323 g/mol. The van der Waals surface area contributed by atoms with Crippen molar-refractivity contribution < 1.29 is 4.42 Å². The lowest BCUT2D eigenvalue weighted by molar-refractivity contribution is 0.297. The zero-order valence-electron chi connectivity index (χ0n) is 7.85. The highest BCUT2D eigenvalue weighted by atomic mass is 79.9. The molecule has 0 aromatic carbocycles. The topological polar surface area (TPSA) is 25.2 Å². The van der Waals surface area contributed by atoms with Gasteiger partial charge in [0.05, 0.1) is 11.0 Å². The van der Waals surface area contributed by atoms with E-state index in [2.05, 4.69) is 37.2 Å². The number of hydrogen-bond donors (Lipinski definition) is 1. The number of halogens is 2. The summed E-state index contributed by atoms with van der Waals surface area (Å²) in [6.45, 7) is 1.94. The molecule has 0 atom stereocenters. The molecule has 2 nitrogen and oxygen atoms in total. The summed E-state index contributed by atoms with van der Waals surface area (Å²) in [6.07, 6.45) is 4.18. The van der Waals surface area contributed by atoms with Gasteiger partial charge in [0.15, 0.2) is 4.67 Å². The molecule has 78 valence electrons. The molecule has 0 aliphatic heterocycles. The Labute approximate surface area is 101 Å². The first kappa shape index (κ1) is 10.7. The Morgan fingerprint density at radius 2 is 2.21 bits per heavy atom. The zero-order chi connectivity index (χ0) is 9.97. The molecule has 14 heavy (non-hydrogen) atoms. The largest absolute Gasteiger partial charge is 0.452 e. The van der Waals surface area contributed by atoms with E-state index in [0.717, 1.165) is 33.9 Å². The van der Waals surface area contributed by atoms with E-state index in [4.69, 9.17) is 4.42 Å². The van der Waals surface area contributed by atoms with Gasteiger partial charge in [0.25, 0.3) is 0 Å². The van der Waals surface area contributed by atoms with Crippen molar-refractivity contribution in [2.45, 2.75) is 25.8 Å². The highest BCUT2D eigenvalue weighted by Crippen LogP contribution is 2.27. The molecule has 0 amide bonds. The van der Waals surface area contributed by atoms with Crippen molar-refractivity contribution in [1.82, 2.24) is 5.32 Å². The Hall–Kier alpha value is 0.200. The molecule has 0 radical (unpaired) electrons. The average Bonchev–Trinajstić information content (AvgIpc) is 2.37. The van der Waals surface area contributed by atoms with Gasteiger partial charge in [-0.3, -0.25) is 0 Å². The Morgan fingerprint density at radius 1 is 1.43 bits per heavy atom. The third kappa shape index (κ3) is 2.61. The maximum absolute atomic E-state index is 5.46. The van der Waals surface area contributed by atoms with E-state index in [-0.39, 0.29) is 0 Å². The van der Waals surface area contributed by atoms with Gasteiger partial charge in [0, 0.05) is 0 Å². The van der Waals surface area contributed by atoms with Crippen LogP contribution in [0.1, 0.15) is 25.0 Å². The van der Waals surface area contributed by atoms with Crippen molar-refractivity contribution in [3.8, 4) is 0 Å². The smallest absolute Gasteiger partial charge is 0.183 e.